The predicted molar refractivity (Wildman–Crippen MR) is 99.7 cm³/mol. The molecule has 1 aromatic heterocycles. The monoisotopic (exact) mass is 369 g/mol. The minimum absolute atomic E-state index is 0.243. The number of hydrogen-bond donors (Lipinski definition) is 1. The van der Waals surface area contributed by atoms with Gasteiger partial charge < -0.3 is 5.32 Å². The number of imide groups is 1. The van der Waals surface area contributed by atoms with Crippen molar-refractivity contribution in [2.45, 2.75) is 32.7 Å². The number of para-hydroxylation sites is 1. The van der Waals surface area contributed by atoms with Crippen molar-refractivity contribution in [3.8, 4) is 0 Å². The zero-order chi connectivity index (χ0) is 18.4. The van der Waals surface area contributed by atoms with E-state index in [-0.39, 0.29) is 23.7 Å². The summed E-state index contributed by atoms with van der Waals surface area (Å²) in [5, 5.41) is 3.24. The van der Waals surface area contributed by atoms with Crippen LogP contribution in [0, 0.1) is 18.8 Å². The number of carbonyl (C=O) groups excluding carboxylic acids is 3. The summed E-state index contributed by atoms with van der Waals surface area (Å²) in [4.78, 5) is 43.5. The lowest BCUT2D eigenvalue weighted by atomic mass is 9.85. The molecule has 3 atom stereocenters. The molecule has 134 valence electrons. The molecule has 0 radical (unpaired) electrons. The number of carbonyl (C=O) groups is 3. The second kappa shape index (κ2) is 6.32. The number of likely N-dealkylation sites (tertiary alicyclic amines) is 1. The number of nitrogens with one attached hydrogen (secondary N) is 1. The van der Waals surface area contributed by atoms with E-state index in [9.17, 15) is 14.4 Å². The molecule has 7 heteroatoms. The number of rotatable bonds is 3. The Labute approximate surface area is 154 Å². The Morgan fingerprint density at radius 2 is 1.88 bits per heavy atom. The van der Waals surface area contributed by atoms with Crippen LogP contribution in [0.15, 0.2) is 30.4 Å². The molecule has 1 aromatic carbocycles. The molecule has 0 saturated carbocycles. The summed E-state index contributed by atoms with van der Waals surface area (Å²) in [7, 11) is 0. The van der Waals surface area contributed by atoms with Gasteiger partial charge >= 0.3 is 0 Å². The predicted octanol–water partition coefficient (Wildman–Crippen LogP) is 2.88. The lowest BCUT2D eigenvalue weighted by Gasteiger charge is -2.21. The summed E-state index contributed by atoms with van der Waals surface area (Å²) in [6.07, 6.45) is 5.00. The van der Waals surface area contributed by atoms with Crippen molar-refractivity contribution in [1.29, 1.82) is 0 Å². The van der Waals surface area contributed by atoms with E-state index in [0.717, 1.165) is 20.7 Å². The first-order chi connectivity index (χ1) is 12.5. The van der Waals surface area contributed by atoms with Gasteiger partial charge in [-0.2, -0.15) is 0 Å². The molecule has 1 aliphatic carbocycles. The molecule has 1 saturated heterocycles. The Morgan fingerprint density at radius 1 is 1.23 bits per heavy atom. The van der Waals surface area contributed by atoms with Crippen molar-refractivity contribution in [1.82, 2.24) is 9.88 Å². The Kier molecular flexibility index (Phi) is 4.11. The number of amides is 3. The number of anilines is 1. The van der Waals surface area contributed by atoms with Crippen LogP contribution in [0.2, 0.25) is 0 Å². The first-order valence-corrected chi connectivity index (χ1v) is 9.48. The van der Waals surface area contributed by atoms with E-state index in [1.807, 2.05) is 37.3 Å². The number of aryl methyl sites for hydroxylation is 1. The highest BCUT2D eigenvalue weighted by Crippen LogP contribution is 2.36. The maximum Gasteiger partial charge on any atom is 0.249 e. The molecule has 6 nitrogen and oxygen atoms in total. The molecule has 2 aliphatic rings. The topological polar surface area (TPSA) is 79.4 Å². The molecule has 0 unspecified atom stereocenters. The van der Waals surface area contributed by atoms with Crippen LogP contribution in [-0.4, -0.2) is 33.6 Å². The van der Waals surface area contributed by atoms with Gasteiger partial charge in [0.2, 0.25) is 17.7 Å². The molecule has 1 fully saturated rings. The average molecular weight is 369 g/mol. The number of hydrogen-bond acceptors (Lipinski definition) is 5. The van der Waals surface area contributed by atoms with Crippen molar-refractivity contribution in [3.05, 3.63) is 35.9 Å². The van der Waals surface area contributed by atoms with Gasteiger partial charge in [-0.3, -0.25) is 19.3 Å². The van der Waals surface area contributed by atoms with Gasteiger partial charge in [0.1, 0.15) is 6.04 Å². The maximum atomic E-state index is 12.7. The Morgan fingerprint density at radius 3 is 2.50 bits per heavy atom. The van der Waals surface area contributed by atoms with Gasteiger partial charge in [-0.1, -0.05) is 35.6 Å². The lowest BCUT2D eigenvalue weighted by Crippen LogP contribution is -2.46. The second-order valence-electron chi connectivity index (χ2n) is 6.81. The van der Waals surface area contributed by atoms with Crippen LogP contribution in [0.25, 0.3) is 10.2 Å². The smallest absolute Gasteiger partial charge is 0.249 e. The van der Waals surface area contributed by atoms with E-state index in [1.54, 1.807) is 6.92 Å². The van der Waals surface area contributed by atoms with Gasteiger partial charge in [0.15, 0.2) is 5.13 Å². The number of fused-ring (bicyclic) bond motifs is 2. The fourth-order valence-corrected chi connectivity index (χ4v) is 4.62. The third-order valence-corrected chi connectivity index (χ3v) is 6.10. The Bertz CT molecular complexity index is 923. The number of thiazole rings is 1. The van der Waals surface area contributed by atoms with Gasteiger partial charge in [-0.05, 0) is 38.3 Å². The fourth-order valence-electron chi connectivity index (χ4n) is 3.67. The van der Waals surface area contributed by atoms with E-state index in [1.165, 1.54) is 11.3 Å². The van der Waals surface area contributed by atoms with Crippen molar-refractivity contribution < 1.29 is 14.4 Å². The SMILES string of the molecule is Cc1cccc2sc(NC(=O)[C@H](C)N3C(=O)[C@H]4CC=CC[C@@H]4C3=O)nc12. The lowest BCUT2D eigenvalue weighted by molar-refractivity contribution is -0.146. The van der Waals surface area contributed by atoms with Crippen LogP contribution in [0.3, 0.4) is 0 Å². The van der Waals surface area contributed by atoms with Crippen LogP contribution in [-0.2, 0) is 14.4 Å². The Hall–Kier alpha value is -2.54. The summed E-state index contributed by atoms with van der Waals surface area (Å²) < 4.78 is 0.985. The molecule has 2 aromatic rings. The number of nitrogens with zero attached hydrogens (tertiary/aromatic N) is 2. The first-order valence-electron chi connectivity index (χ1n) is 8.66. The number of benzene rings is 1. The Balaban J connectivity index is 1.53. The third kappa shape index (κ3) is 2.63. The molecule has 3 amide bonds. The first kappa shape index (κ1) is 16.9. The van der Waals surface area contributed by atoms with E-state index < -0.39 is 11.9 Å². The molecular formula is C19H19N3O3S. The van der Waals surface area contributed by atoms with Gasteiger partial charge in [-0.15, -0.1) is 0 Å². The van der Waals surface area contributed by atoms with Crippen molar-refractivity contribution in [3.63, 3.8) is 0 Å². The van der Waals surface area contributed by atoms with E-state index in [4.69, 9.17) is 0 Å². The maximum absolute atomic E-state index is 12.7. The van der Waals surface area contributed by atoms with Crippen LogP contribution >= 0.6 is 11.3 Å². The van der Waals surface area contributed by atoms with Crippen LogP contribution < -0.4 is 5.32 Å². The highest BCUT2D eigenvalue weighted by Gasteiger charge is 2.50. The highest BCUT2D eigenvalue weighted by molar-refractivity contribution is 7.22. The average Bonchev–Trinajstić information content (AvgIpc) is 3.15. The summed E-state index contributed by atoms with van der Waals surface area (Å²) in [5.74, 6) is -1.53. The minimum atomic E-state index is -0.853. The van der Waals surface area contributed by atoms with Crippen molar-refractivity contribution in [2.24, 2.45) is 11.8 Å². The van der Waals surface area contributed by atoms with E-state index in [0.29, 0.717) is 18.0 Å². The van der Waals surface area contributed by atoms with Crippen LogP contribution in [0.4, 0.5) is 5.13 Å². The summed E-state index contributed by atoms with van der Waals surface area (Å²) >= 11 is 1.38. The summed E-state index contributed by atoms with van der Waals surface area (Å²) in [5.41, 5.74) is 1.89. The molecule has 4 rings (SSSR count). The largest absolute Gasteiger partial charge is 0.300 e. The normalized spacial score (nSPS) is 23.4. The van der Waals surface area contributed by atoms with Gasteiger partial charge in [0, 0.05) is 0 Å². The van der Waals surface area contributed by atoms with Gasteiger partial charge in [-0.25, -0.2) is 4.98 Å². The van der Waals surface area contributed by atoms with Gasteiger partial charge in [0.05, 0.1) is 22.1 Å². The fraction of sp³-hybridized carbons (Fsp3) is 0.368. The summed E-state index contributed by atoms with van der Waals surface area (Å²) in [6.45, 7) is 3.56. The minimum Gasteiger partial charge on any atom is -0.300 e. The zero-order valence-electron chi connectivity index (χ0n) is 14.6. The number of aromatic nitrogens is 1. The van der Waals surface area contributed by atoms with Crippen molar-refractivity contribution in [2.75, 3.05) is 5.32 Å². The third-order valence-electron chi connectivity index (χ3n) is 5.16. The molecular weight excluding hydrogens is 350 g/mol. The molecule has 1 aliphatic heterocycles. The summed E-state index contributed by atoms with van der Waals surface area (Å²) in [6, 6.07) is 5.01. The second-order valence-corrected chi connectivity index (χ2v) is 7.84. The number of allylic oxidation sites excluding steroid dienone is 2. The quantitative estimate of drug-likeness (QED) is 0.666. The van der Waals surface area contributed by atoms with E-state index >= 15 is 0 Å². The standard InChI is InChI=1S/C19H19N3O3S/c1-10-6-5-9-14-15(10)20-19(26-14)21-16(23)11(2)22-17(24)12-7-3-4-8-13(12)18(22)25/h3-6,9,11-13H,7-8H2,1-2H3,(H,20,21,23)/t11-,12-,13-/m0/s1. The van der Waals surface area contributed by atoms with E-state index in [2.05, 4.69) is 10.3 Å². The van der Waals surface area contributed by atoms with Crippen molar-refractivity contribution >= 4 is 44.4 Å². The van der Waals surface area contributed by atoms with Crippen LogP contribution in [0.5, 0.6) is 0 Å². The molecule has 0 bridgehead atoms. The molecule has 26 heavy (non-hydrogen) atoms. The highest BCUT2D eigenvalue weighted by atomic mass is 32.1. The molecule has 0 spiro atoms. The molecule has 2 heterocycles. The zero-order valence-corrected chi connectivity index (χ0v) is 15.4. The molecule has 1 N–H and O–H groups in total. The van der Waals surface area contributed by atoms with Crippen LogP contribution in [0.1, 0.15) is 25.3 Å². The van der Waals surface area contributed by atoms with Gasteiger partial charge in [0.25, 0.3) is 0 Å².